The van der Waals surface area contributed by atoms with Crippen molar-refractivity contribution in [1.82, 2.24) is 9.88 Å². The molecule has 0 saturated carbocycles. The van der Waals surface area contributed by atoms with Gasteiger partial charge in [-0.25, -0.2) is 4.39 Å². The molecule has 102 valence electrons. The van der Waals surface area contributed by atoms with Gasteiger partial charge in [-0.2, -0.15) is 0 Å². The molecule has 2 aromatic rings. The number of hydrogen-bond acceptors (Lipinski definition) is 2. The van der Waals surface area contributed by atoms with Crippen molar-refractivity contribution in [3.8, 4) is 0 Å². The second-order valence-electron chi connectivity index (χ2n) is 5.46. The molecule has 0 aliphatic carbocycles. The molecule has 3 rings (SSSR count). The van der Waals surface area contributed by atoms with Crippen LogP contribution in [0.15, 0.2) is 24.4 Å². The van der Waals surface area contributed by atoms with Gasteiger partial charge in [0.1, 0.15) is 5.82 Å². The summed E-state index contributed by atoms with van der Waals surface area (Å²) in [5.74, 6) is -0.168. The highest BCUT2D eigenvalue weighted by Crippen LogP contribution is 2.21. The molecule has 1 saturated heterocycles. The summed E-state index contributed by atoms with van der Waals surface area (Å²) in [5, 5.41) is 1.01. The Morgan fingerprint density at radius 3 is 3.11 bits per heavy atom. The first kappa shape index (κ1) is 12.6. The molecule has 1 fully saturated rings. The molecule has 1 unspecified atom stereocenters. The van der Waals surface area contributed by atoms with Crippen LogP contribution < -0.4 is 5.73 Å². The van der Waals surface area contributed by atoms with Crippen molar-refractivity contribution in [2.24, 2.45) is 5.73 Å². The first-order chi connectivity index (χ1) is 9.22. The van der Waals surface area contributed by atoms with E-state index in [1.165, 1.54) is 11.6 Å². The normalized spacial score (nSPS) is 20.4. The minimum atomic E-state index is -0.168. The molecular formula is C15H20FN3. The van der Waals surface area contributed by atoms with Crippen molar-refractivity contribution in [2.45, 2.75) is 25.3 Å². The molecule has 0 spiro atoms. The van der Waals surface area contributed by atoms with E-state index in [1.807, 2.05) is 6.20 Å². The van der Waals surface area contributed by atoms with Crippen LogP contribution in [0.4, 0.5) is 4.39 Å². The van der Waals surface area contributed by atoms with Crippen molar-refractivity contribution in [2.75, 3.05) is 19.6 Å². The van der Waals surface area contributed by atoms with Crippen LogP contribution >= 0.6 is 0 Å². The third-order valence-electron chi connectivity index (χ3n) is 3.96. The number of H-pyrrole nitrogens is 1. The van der Waals surface area contributed by atoms with Gasteiger partial charge in [-0.3, -0.25) is 0 Å². The number of nitrogens with one attached hydrogen (secondary N) is 1. The molecule has 3 N–H and O–H groups in total. The van der Waals surface area contributed by atoms with Crippen molar-refractivity contribution in [1.29, 1.82) is 0 Å². The molecule has 1 aromatic heterocycles. The maximum Gasteiger partial charge on any atom is 0.123 e. The summed E-state index contributed by atoms with van der Waals surface area (Å²) < 4.78 is 13.3. The van der Waals surface area contributed by atoms with Gasteiger partial charge < -0.3 is 15.6 Å². The largest absolute Gasteiger partial charge is 0.361 e. The van der Waals surface area contributed by atoms with E-state index < -0.39 is 0 Å². The Balaban J connectivity index is 1.61. The van der Waals surface area contributed by atoms with Crippen LogP contribution in [0.2, 0.25) is 0 Å². The van der Waals surface area contributed by atoms with Crippen LogP contribution in [0, 0.1) is 5.82 Å². The van der Waals surface area contributed by atoms with E-state index >= 15 is 0 Å². The van der Waals surface area contributed by atoms with E-state index in [4.69, 9.17) is 5.73 Å². The first-order valence-electron chi connectivity index (χ1n) is 6.96. The van der Waals surface area contributed by atoms with E-state index in [1.54, 1.807) is 12.1 Å². The predicted molar refractivity (Wildman–Crippen MR) is 75.6 cm³/mol. The lowest BCUT2D eigenvalue weighted by Gasteiger charge is -2.14. The minimum absolute atomic E-state index is 0.168. The highest BCUT2D eigenvalue weighted by atomic mass is 19.1. The lowest BCUT2D eigenvalue weighted by atomic mass is 10.1. The van der Waals surface area contributed by atoms with Crippen molar-refractivity contribution in [3.63, 3.8) is 0 Å². The number of rotatable bonds is 4. The molecule has 4 heteroatoms. The monoisotopic (exact) mass is 261 g/mol. The van der Waals surface area contributed by atoms with Crippen LogP contribution in [-0.4, -0.2) is 35.6 Å². The number of aromatic nitrogens is 1. The van der Waals surface area contributed by atoms with Crippen molar-refractivity contribution in [3.05, 3.63) is 35.8 Å². The molecule has 1 aliphatic heterocycles. The Labute approximate surface area is 112 Å². The highest BCUT2D eigenvalue weighted by Gasteiger charge is 2.18. The molecule has 0 amide bonds. The van der Waals surface area contributed by atoms with Gasteiger partial charge in [0.15, 0.2) is 0 Å². The van der Waals surface area contributed by atoms with Crippen LogP contribution in [0.25, 0.3) is 10.9 Å². The maximum absolute atomic E-state index is 13.3. The van der Waals surface area contributed by atoms with Gasteiger partial charge in [0, 0.05) is 29.7 Å². The topological polar surface area (TPSA) is 45.0 Å². The van der Waals surface area contributed by atoms with Crippen LogP contribution in [-0.2, 0) is 6.42 Å². The summed E-state index contributed by atoms with van der Waals surface area (Å²) in [7, 11) is 0. The molecule has 19 heavy (non-hydrogen) atoms. The standard InChI is InChI=1S/C15H20FN3/c16-12-3-4-15-14(8-12)11(9-18-15)2-1-6-19-7-5-13(17)10-19/h3-4,8-9,13,18H,1-2,5-7,10,17H2. The summed E-state index contributed by atoms with van der Waals surface area (Å²) in [4.78, 5) is 5.62. The third-order valence-corrected chi connectivity index (χ3v) is 3.96. The SMILES string of the molecule is NC1CCN(CCCc2c[nH]c3ccc(F)cc23)C1. The average molecular weight is 261 g/mol. The fourth-order valence-electron chi connectivity index (χ4n) is 2.92. The molecule has 0 radical (unpaired) electrons. The number of fused-ring (bicyclic) bond motifs is 1. The summed E-state index contributed by atoms with van der Waals surface area (Å²) in [6, 6.07) is 5.26. The van der Waals surface area contributed by atoms with E-state index in [2.05, 4.69) is 9.88 Å². The zero-order valence-electron chi connectivity index (χ0n) is 11.0. The van der Waals surface area contributed by atoms with Crippen molar-refractivity contribution >= 4 is 10.9 Å². The van der Waals surface area contributed by atoms with Gasteiger partial charge in [-0.15, -0.1) is 0 Å². The van der Waals surface area contributed by atoms with E-state index in [0.717, 1.165) is 49.8 Å². The minimum Gasteiger partial charge on any atom is -0.361 e. The van der Waals surface area contributed by atoms with E-state index in [9.17, 15) is 4.39 Å². The Morgan fingerprint density at radius 1 is 1.42 bits per heavy atom. The Bertz CT molecular complexity index is 564. The Kier molecular flexibility index (Phi) is 3.53. The molecule has 1 aromatic carbocycles. The quantitative estimate of drug-likeness (QED) is 0.887. The second-order valence-corrected chi connectivity index (χ2v) is 5.46. The Hall–Kier alpha value is -1.39. The Morgan fingerprint density at radius 2 is 2.32 bits per heavy atom. The molecule has 1 aliphatic rings. The predicted octanol–water partition coefficient (Wildman–Crippen LogP) is 2.27. The van der Waals surface area contributed by atoms with Gasteiger partial charge in [-0.1, -0.05) is 0 Å². The summed E-state index contributed by atoms with van der Waals surface area (Å²) in [5.41, 5.74) is 8.11. The smallest absolute Gasteiger partial charge is 0.123 e. The second kappa shape index (κ2) is 5.31. The fraction of sp³-hybridized carbons (Fsp3) is 0.467. The molecule has 0 bridgehead atoms. The summed E-state index contributed by atoms with van der Waals surface area (Å²) >= 11 is 0. The van der Waals surface area contributed by atoms with Gasteiger partial charge in [0.05, 0.1) is 0 Å². The number of nitrogens with zero attached hydrogens (tertiary/aromatic N) is 1. The molecule has 3 nitrogen and oxygen atoms in total. The maximum atomic E-state index is 13.3. The average Bonchev–Trinajstić information content (AvgIpc) is 2.97. The summed E-state index contributed by atoms with van der Waals surface area (Å²) in [6.07, 6.45) is 5.18. The zero-order valence-corrected chi connectivity index (χ0v) is 11.0. The number of hydrogen-bond donors (Lipinski definition) is 2. The van der Waals surface area contributed by atoms with Crippen LogP contribution in [0.3, 0.4) is 0 Å². The highest BCUT2D eigenvalue weighted by molar-refractivity contribution is 5.83. The fourth-order valence-corrected chi connectivity index (χ4v) is 2.92. The van der Waals surface area contributed by atoms with Gasteiger partial charge in [0.2, 0.25) is 0 Å². The molecule has 1 atom stereocenters. The number of halogens is 1. The first-order valence-corrected chi connectivity index (χ1v) is 6.96. The number of nitrogens with two attached hydrogens (primary N) is 1. The lowest BCUT2D eigenvalue weighted by molar-refractivity contribution is 0.330. The molecule has 2 heterocycles. The van der Waals surface area contributed by atoms with Crippen LogP contribution in [0.5, 0.6) is 0 Å². The number of likely N-dealkylation sites (tertiary alicyclic amines) is 1. The molecular weight excluding hydrogens is 241 g/mol. The van der Waals surface area contributed by atoms with Crippen LogP contribution in [0.1, 0.15) is 18.4 Å². The van der Waals surface area contributed by atoms with Gasteiger partial charge in [-0.05, 0) is 56.1 Å². The van der Waals surface area contributed by atoms with E-state index in [0.29, 0.717) is 6.04 Å². The summed E-state index contributed by atoms with van der Waals surface area (Å²) in [6.45, 7) is 3.21. The number of benzene rings is 1. The number of aryl methyl sites for hydroxylation is 1. The lowest BCUT2D eigenvalue weighted by Crippen LogP contribution is -2.27. The van der Waals surface area contributed by atoms with Gasteiger partial charge in [0.25, 0.3) is 0 Å². The van der Waals surface area contributed by atoms with Crippen molar-refractivity contribution < 1.29 is 4.39 Å². The van der Waals surface area contributed by atoms with Gasteiger partial charge >= 0.3 is 0 Å². The zero-order chi connectivity index (χ0) is 13.2. The third kappa shape index (κ3) is 2.80. The number of aromatic amines is 1. The van der Waals surface area contributed by atoms with E-state index in [-0.39, 0.29) is 5.82 Å².